The molecular weight excluding hydrogens is 409 g/mol. The molecule has 166 valence electrons. The van der Waals surface area contributed by atoms with Crippen molar-refractivity contribution in [2.45, 2.75) is 63.5 Å². The largest absolute Gasteiger partial charge is 0.371 e. The van der Waals surface area contributed by atoms with Crippen LogP contribution >= 0.6 is 24.8 Å². The summed E-state index contributed by atoms with van der Waals surface area (Å²) >= 11 is 0. The average molecular weight is 446 g/mol. The molecule has 0 atom stereocenters. The van der Waals surface area contributed by atoms with Crippen LogP contribution in [0.15, 0.2) is 24.3 Å². The molecule has 0 unspecified atom stereocenters. The Labute approximate surface area is 188 Å². The fraction of sp³-hybridized carbons (Fsp3) is 0.682. The van der Waals surface area contributed by atoms with Crippen LogP contribution in [0.3, 0.4) is 0 Å². The van der Waals surface area contributed by atoms with E-state index in [1.807, 2.05) is 0 Å². The zero-order chi connectivity index (χ0) is 19.5. The number of methoxy groups -OCH3 is 1. The molecule has 0 aromatic heterocycles. The predicted molar refractivity (Wildman–Crippen MR) is 125 cm³/mol. The van der Waals surface area contributed by atoms with Gasteiger partial charge in [-0.1, -0.05) is 32.9 Å². The summed E-state index contributed by atoms with van der Waals surface area (Å²) in [6, 6.07) is 9.18. The number of halogens is 2. The fourth-order valence-corrected chi connectivity index (χ4v) is 4.13. The first kappa shape index (κ1) is 26.0. The van der Waals surface area contributed by atoms with Crippen molar-refractivity contribution in [2.24, 2.45) is 0 Å². The Bertz CT molecular complexity index is 632. The maximum absolute atomic E-state index is 12.8. The van der Waals surface area contributed by atoms with Crippen molar-refractivity contribution in [3.8, 4) is 0 Å². The lowest BCUT2D eigenvalue weighted by Crippen LogP contribution is -2.57. The molecule has 0 spiro atoms. The van der Waals surface area contributed by atoms with Crippen LogP contribution in [0, 0.1) is 0 Å². The van der Waals surface area contributed by atoms with Crippen LogP contribution in [0.2, 0.25) is 0 Å². The summed E-state index contributed by atoms with van der Waals surface area (Å²) < 4.78 is 5.65. The zero-order valence-electron chi connectivity index (χ0n) is 18.1. The molecule has 1 amide bonds. The maximum Gasteiger partial charge on any atom is 0.252 e. The minimum Gasteiger partial charge on any atom is -0.371 e. The van der Waals surface area contributed by atoms with E-state index < -0.39 is 5.60 Å². The summed E-state index contributed by atoms with van der Waals surface area (Å²) in [5, 5.41) is 6.57. The number of ether oxygens (including phenoxy) is 1. The van der Waals surface area contributed by atoms with Gasteiger partial charge in [-0.15, -0.1) is 24.8 Å². The molecule has 3 rings (SSSR count). The zero-order valence-corrected chi connectivity index (χ0v) is 19.8. The quantitative estimate of drug-likeness (QED) is 0.741. The number of nitrogens with zero attached hydrogens (tertiary/aromatic N) is 1. The van der Waals surface area contributed by atoms with Crippen molar-refractivity contribution in [3.05, 3.63) is 29.8 Å². The first-order valence-corrected chi connectivity index (χ1v) is 10.3. The van der Waals surface area contributed by atoms with Crippen LogP contribution < -0.4 is 15.5 Å². The lowest BCUT2D eigenvalue weighted by molar-refractivity contribution is -0.147. The van der Waals surface area contributed by atoms with E-state index in [0.29, 0.717) is 0 Å². The average Bonchev–Trinajstić information content (AvgIpc) is 2.68. The van der Waals surface area contributed by atoms with Gasteiger partial charge in [-0.2, -0.15) is 0 Å². The Balaban J connectivity index is 0.00000210. The van der Waals surface area contributed by atoms with E-state index in [2.05, 4.69) is 60.6 Å². The third-order valence-corrected chi connectivity index (χ3v) is 6.14. The van der Waals surface area contributed by atoms with E-state index >= 15 is 0 Å². The molecule has 0 aliphatic carbocycles. The van der Waals surface area contributed by atoms with Gasteiger partial charge in [0, 0.05) is 31.9 Å². The predicted octanol–water partition coefficient (Wildman–Crippen LogP) is 3.68. The summed E-state index contributed by atoms with van der Waals surface area (Å²) in [6.45, 7) is 10.3. The van der Waals surface area contributed by atoms with Crippen LogP contribution in [0.4, 0.5) is 5.69 Å². The number of piperidine rings is 2. The summed E-state index contributed by atoms with van der Waals surface area (Å²) in [7, 11) is 1.66. The second-order valence-corrected chi connectivity index (χ2v) is 8.98. The SMILES string of the molecule is COC1(C(=O)NC2CCN(c3ccc(C(C)(C)C)cc3)CC2)CCNCC1.Cl.Cl. The number of carbonyl (C=O) groups excluding carboxylic acids is 1. The summed E-state index contributed by atoms with van der Waals surface area (Å²) in [4.78, 5) is 15.2. The van der Waals surface area contributed by atoms with Crippen LogP contribution in [0.25, 0.3) is 0 Å². The number of nitrogens with one attached hydrogen (secondary N) is 2. The van der Waals surface area contributed by atoms with E-state index in [-0.39, 0.29) is 42.2 Å². The molecule has 7 heteroatoms. The highest BCUT2D eigenvalue weighted by Crippen LogP contribution is 2.27. The van der Waals surface area contributed by atoms with Crippen LogP contribution in [-0.4, -0.2) is 50.8 Å². The Hall–Kier alpha value is -1.01. The van der Waals surface area contributed by atoms with Crippen molar-refractivity contribution >= 4 is 36.4 Å². The highest BCUT2D eigenvalue weighted by molar-refractivity contribution is 5.86. The first-order chi connectivity index (χ1) is 12.8. The van der Waals surface area contributed by atoms with Gasteiger partial charge in [-0.05, 0) is 61.9 Å². The van der Waals surface area contributed by atoms with Crippen LogP contribution in [0.5, 0.6) is 0 Å². The van der Waals surface area contributed by atoms with Crippen LogP contribution in [0.1, 0.15) is 52.0 Å². The topological polar surface area (TPSA) is 53.6 Å². The molecule has 0 bridgehead atoms. The van der Waals surface area contributed by atoms with Gasteiger partial charge in [0.25, 0.3) is 5.91 Å². The Morgan fingerprint density at radius 3 is 2.14 bits per heavy atom. The second kappa shape index (κ2) is 10.9. The van der Waals surface area contributed by atoms with Crippen molar-refractivity contribution < 1.29 is 9.53 Å². The first-order valence-electron chi connectivity index (χ1n) is 10.3. The van der Waals surface area contributed by atoms with Gasteiger partial charge in [-0.25, -0.2) is 0 Å². The summed E-state index contributed by atoms with van der Waals surface area (Å²) in [5.74, 6) is 0.0690. The third kappa shape index (κ3) is 6.24. The maximum atomic E-state index is 12.8. The molecule has 2 aliphatic heterocycles. The number of anilines is 1. The number of carbonyl (C=O) groups is 1. The number of hydrogen-bond donors (Lipinski definition) is 2. The van der Waals surface area contributed by atoms with Gasteiger partial charge in [0.15, 0.2) is 0 Å². The van der Waals surface area contributed by atoms with Gasteiger partial charge in [0.05, 0.1) is 0 Å². The normalized spacial score (nSPS) is 19.7. The molecule has 2 saturated heterocycles. The van der Waals surface area contributed by atoms with E-state index in [4.69, 9.17) is 4.74 Å². The summed E-state index contributed by atoms with van der Waals surface area (Å²) in [5.41, 5.74) is 2.17. The molecule has 5 nitrogen and oxygen atoms in total. The second-order valence-electron chi connectivity index (χ2n) is 8.98. The smallest absolute Gasteiger partial charge is 0.252 e. The van der Waals surface area contributed by atoms with Crippen molar-refractivity contribution in [3.63, 3.8) is 0 Å². The fourth-order valence-electron chi connectivity index (χ4n) is 4.13. The highest BCUT2D eigenvalue weighted by Gasteiger charge is 2.40. The minimum absolute atomic E-state index is 0. The minimum atomic E-state index is -0.648. The Morgan fingerprint density at radius 2 is 1.66 bits per heavy atom. The number of benzene rings is 1. The molecule has 0 saturated carbocycles. The van der Waals surface area contributed by atoms with Gasteiger partial charge < -0.3 is 20.3 Å². The van der Waals surface area contributed by atoms with Gasteiger partial charge in [0.2, 0.25) is 0 Å². The molecule has 1 aromatic carbocycles. The summed E-state index contributed by atoms with van der Waals surface area (Å²) in [6.07, 6.45) is 3.44. The van der Waals surface area contributed by atoms with Gasteiger partial charge in [0.1, 0.15) is 5.60 Å². The molecule has 0 radical (unpaired) electrons. The van der Waals surface area contributed by atoms with E-state index in [1.165, 1.54) is 11.3 Å². The van der Waals surface area contributed by atoms with Crippen molar-refractivity contribution in [1.29, 1.82) is 0 Å². The monoisotopic (exact) mass is 445 g/mol. The number of amides is 1. The highest BCUT2D eigenvalue weighted by atomic mass is 35.5. The molecule has 2 N–H and O–H groups in total. The number of hydrogen-bond acceptors (Lipinski definition) is 4. The molecule has 1 aromatic rings. The van der Waals surface area contributed by atoms with Gasteiger partial charge >= 0.3 is 0 Å². The lowest BCUT2D eigenvalue weighted by atomic mass is 9.87. The van der Waals surface area contributed by atoms with Crippen molar-refractivity contribution in [2.75, 3.05) is 38.2 Å². The molecular formula is C22H37Cl2N3O2. The van der Waals surface area contributed by atoms with E-state index in [0.717, 1.165) is 51.9 Å². The number of rotatable bonds is 4. The third-order valence-electron chi connectivity index (χ3n) is 6.14. The Kier molecular flexibility index (Phi) is 9.74. The molecule has 2 aliphatic rings. The van der Waals surface area contributed by atoms with Crippen molar-refractivity contribution in [1.82, 2.24) is 10.6 Å². The lowest BCUT2D eigenvalue weighted by Gasteiger charge is -2.38. The standard InChI is InChI=1S/C22H35N3O2.2ClH/c1-21(2,3)17-5-7-19(8-6-17)25-15-9-18(10-16-25)24-20(26)22(27-4)11-13-23-14-12-22;;/h5-8,18,23H,9-16H2,1-4H3,(H,24,26);2*1H. The van der Waals surface area contributed by atoms with E-state index in [9.17, 15) is 4.79 Å². The molecule has 29 heavy (non-hydrogen) atoms. The molecule has 2 fully saturated rings. The van der Waals surface area contributed by atoms with Crippen LogP contribution in [-0.2, 0) is 14.9 Å². The van der Waals surface area contributed by atoms with E-state index in [1.54, 1.807) is 7.11 Å². The Morgan fingerprint density at radius 1 is 1.10 bits per heavy atom. The molecule has 2 heterocycles. The van der Waals surface area contributed by atoms with Gasteiger partial charge in [-0.3, -0.25) is 4.79 Å².